The molecule has 84 valence electrons. The van der Waals surface area contributed by atoms with Crippen LogP contribution in [0.5, 0.6) is 0 Å². The van der Waals surface area contributed by atoms with Gasteiger partial charge in [0, 0.05) is 0 Å². The van der Waals surface area contributed by atoms with Crippen LogP contribution in [0.1, 0.15) is 18.1 Å². The first-order valence-corrected chi connectivity index (χ1v) is 4.90. The molecule has 3 amide bonds. The SMILES string of the molecule is CC1(c2cccc(CO)c2)NC(=O)NC1=O. The molecule has 1 aromatic rings. The molecule has 5 nitrogen and oxygen atoms in total. The maximum Gasteiger partial charge on any atom is 0.322 e. The number of carbonyl (C=O) groups excluding carboxylic acids is 2. The van der Waals surface area contributed by atoms with E-state index in [-0.39, 0.29) is 12.5 Å². The highest BCUT2D eigenvalue weighted by Gasteiger charge is 2.43. The number of amides is 3. The molecule has 2 rings (SSSR count). The Morgan fingerprint density at radius 2 is 2.12 bits per heavy atom. The van der Waals surface area contributed by atoms with Gasteiger partial charge in [0.25, 0.3) is 5.91 Å². The summed E-state index contributed by atoms with van der Waals surface area (Å²) >= 11 is 0. The van der Waals surface area contributed by atoms with E-state index >= 15 is 0 Å². The number of imide groups is 1. The van der Waals surface area contributed by atoms with Crippen molar-refractivity contribution in [1.29, 1.82) is 0 Å². The Labute approximate surface area is 92.5 Å². The zero-order valence-electron chi connectivity index (χ0n) is 8.78. The number of hydrogen-bond donors (Lipinski definition) is 3. The first-order chi connectivity index (χ1) is 7.56. The minimum atomic E-state index is -1.05. The first kappa shape index (κ1) is 10.6. The molecule has 5 heteroatoms. The molecule has 1 aromatic carbocycles. The summed E-state index contributed by atoms with van der Waals surface area (Å²) in [5.74, 6) is -0.382. The maximum absolute atomic E-state index is 11.6. The lowest BCUT2D eigenvalue weighted by Gasteiger charge is -2.21. The van der Waals surface area contributed by atoms with Crippen LogP contribution in [0.3, 0.4) is 0 Å². The van der Waals surface area contributed by atoms with Gasteiger partial charge < -0.3 is 10.4 Å². The molecular formula is C11H12N2O3. The fourth-order valence-corrected chi connectivity index (χ4v) is 1.73. The number of urea groups is 1. The van der Waals surface area contributed by atoms with E-state index in [1.165, 1.54) is 0 Å². The van der Waals surface area contributed by atoms with Gasteiger partial charge in [-0.05, 0) is 18.1 Å². The van der Waals surface area contributed by atoms with Crippen LogP contribution in [0.15, 0.2) is 24.3 Å². The van der Waals surface area contributed by atoms with E-state index in [0.717, 1.165) is 0 Å². The van der Waals surface area contributed by atoms with Gasteiger partial charge in [0.15, 0.2) is 0 Å². The summed E-state index contributed by atoms with van der Waals surface area (Å²) in [7, 11) is 0. The largest absolute Gasteiger partial charge is 0.392 e. The van der Waals surface area contributed by atoms with Gasteiger partial charge in [-0.15, -0.1) is 0 Å². The molecule has 1 fully saturated rings. The van der Waals surface area contributed by atoms with E-state index in [1.807, 2.05) is 0 Å². The quantitative estimate of drug-likeness (QED) is 0.624. The van der Waals surface area contributed by atoms with E-state index in [1.54, 1.807) is 31.2 Å². The van der Waals surface area contributed by atoms with Gasteiger partial charge in [0.1, 0.15) is 5.54 Å². The second-order valence-corrected chi connectivity index (χ2v) is 3.89. The average molecular weight is 220 g/mol. The molecule has 1 aliphatic heterocycles. The van der Waals surface area contributed by atoms with Crippen molar-refractivity contribution >= 4 is 11.9 Å². The van der Waals surface area contributed by atoms with Crippen molar-refractivity contribution in [3.05, 3.63) is 35.4 Å². The van der Waals surface area contributed by atoms with Crippen molar-refractivity contribution in [1.82, 2.24) is 10.6 Å². The van der Waals surface area contributed by atoms with Crippen molar-refractivity contribution in [2.45, 2.75) is 19.1 Å². The first-order valence-electron chi connectivity index (χ1n) is 4.90. The molecule has 1 saturated heterocycles. The van der Waals surface area contributed by atoms with Crippen LogP contribution in [-0.4, -0.2) is 17.0 Å². The zero-order chi connectivity index (χ0) is 11.8. The Bertz CT molecular complexity index is 458. The number of nitrogens with one attached hydrogen (secondary N) is 2. The lowest BCUT2D eigenvalue weighted by molar-refractivity contribution is -0.123. The Morgan fingerprint density at radius 1 is 1.38 bits per heavy atom. The van der Waals surface area contributed by atoms with Crippen LogP contribution in [0.25, 0.3) is 0 Å². The lowest BCUT2D eigenvalue weighted by Crippen LogP contribution is -2.40. The molecule has 0 radical (unpaired) electrons. The summed E-state index contributed by atoms with van der Waals surface area (Å²) in [6.45, 7) is 1.53. The minimum absolute atomic E-state index is 0.0977. The Morgan fingerprint density at radius 3 is 2.69 bits per heavy atom. The molecule has 1 heterocycles. The molecule has 1 atom stereocenters. The zero-order valence-corrected chi connectivity index (χ0v) is 8.78. The van der Waals surface area contributed by atoms with Gasteiger partial charge in [0.2, 0.25) is 0 Å². The van der Waals surface area contributed by atoms with Crippen LogP contribution in [0.2, 0.25) is 0 Å². The topological polar surface area (TPSA) is 78.4 Å². The van der Waals surface area contributed by atoms with E-state index in [0.29, 0.717) is 11.1 Å². The van der Waals surface area contributed by atoms with E-state index < -0.39 is 11.6 Å². The molecule has 1 aliphatic rings. The maximum atomic E-state index is 11.6. The van der Waals surface area contributed by atoms with Gasteiger partial charge in [0.05, 0.1) is 6.61 Å². The highest BCUT2D eigenvalue weighted by atomic mass is 16.3. The summed E-state index contributed by atoms with van der Waals surface area (Å²) < 4.78 is 0. The van der Waals surface area contributed by atoms with Crippen LogP contribution in [0, 0.1) is 0 Å². The summed E-state index contributed by atoms with van der Waals surface area (Å²) in [5.41, 5.74) is 0.303. The number of aliphatic hydroxyl groups is 1. The molecule has 1 unspecified atom stereocenters. The number of benzene rings is 1. The molecule has 16 heavy (non-hydrogen) atoms. The fraction of sp³-hybridized carbons (Fsp3) is 0.273. The van der Waals surface area contributed by atoms with Crippen molar-refractivity contribution in [2.24, 2.45) is 0 Å². The van der Waals surface area contributed by atoms with E-state index in [9.17, 15) is 9.59 Å². The van der Waals surface area contributed by atoms with Crippen molar-refractivity contribution in [2.75, 3.05) is 0 Å². The van der Waals surface area contributed by atoms with Gasteiger partial charge >= 0.3 is 6.03 Å². The van der Waals surface area contributed by atoms with Crippen LogP contribution >= 0.6 is 0 Å². The third kappa shape index (κ3) is 1.55. The standard InChI is InChI=1S/C11H12N2O3/c1-11(9(15)12-10(16)13-11)8-4-2-3-7(5-8)6-14/h2-5,14H,6H2,1H3,(H2,12,13,15,16). The number of carbonyl (C=O) groups is 2. The molecule has 3 N–H and O–H groups in total. The molecular weight excluding hydrogens is 208 g/mol. The van der Waals surface area contributed by atoms with Gasteiger partial charge in [-0.1, -0.05) is 24.3 Å². The lowest BCUT2D eigenvalue weighted by atomic mass is 9.91. The summed E-state index contributed by atoms with van der Waals surface area (Å²) in [4.78, 5) is 22.8. The summed E-state index contributed by atoms with van der Waals surface area (Å²) in [5, 5.41) is 13.8. The third-order valence-corrected chi connectivity index (χ3v) is 2.73. The highest BCUT2D eigenvalue weighted by Crippen LogP contribution is 2.24. The van der Waals surface area contributed by atoms with Crippen LogP contribution in [0.4, 0.5) is 4.79 Å². The Balaban J connectivity index is 2.43. The number of rotatable bonds is 2. The highest BCUT2D eigenvalue weighted by molar-refractivity contribution is 6.07. The fourth-order valence-electron chi connectivity index (χ4n) is 1.73. The van der Waals surface area contributed by atoms with Crippen LogP contribution in [-0.2, 0) is 16.9 Å². The minimum Gasteiger partial charge on any atom is -0.392 e. The predicted octanol–water partition coefficient (Wildman–Crippen LogP) is 0.233. The monoisotopic (exact) mass is 220 g/mol. The number of hydrogen-bond acceptors (Lipinski definition) is 3. The molecule has 0 aliphatic carbocycles. The van der Waals surface area contributed by atoms with Crippen LogP contribution < -0.4 is 10.6 Å². The van der Waals surface area contributed by atoms with E-state index in [2.05, 4.69) is 10.6 Å². The van der Waals surface area contributed by atoms with Gasteiger partial charge in [-0.2, -0.15) is 0 Å². The summed E-state index contributed by atoms with van der Waals surface area (Å²) in [6, 6.07) is 6.43. The van der Waals surface area contributed by atoms with Gasteiger partial charge in [-0.25, -0.2) is 4.79 Å². The Hall–Kier alpha value is -1.88. The smallest absolute Gasteiger partial charge is 0.322 e. The number of aliphatic hydroxyl groups excluding tert-OH is 1. The summed E-state index contributed by atoms with van der Waals surface area (Å²) in [6.07, 6.45) is 0. The predicted molar refractivity (Wildman–Crippen MR) is 56.4 cm³/mol. The third-order valence-electron chi connectivity index (χ3n) is 2.73. The molecule has 0 saturated carbocycles. The second kappa shape index (κ2) is 3.61. The molecule has 0 bridgehead atoms. The van der Waals surface area contributed by atoms with Crippen molar-refractivity contribution < 1.29 is 14.7 Å². The van der Waals surface area contributed by atoms with Gasteiger partial charge in [-0.3, -0.25) is 10.1 Å². The van der Waals surface area contributed by atoms with Crippen molar-refractivity contribution in [3.8, 4) is 0 Å². The van der Waals surface area contributed by atoms with E-state index in [4.69, 9.17) is 5.11 Å². The molecule has 0 spiro atoms. The van der Waals surface area contributed by atoms with Crippen molar-refractivity contribution in [3.63, 3.8) is 0 Å². The average Bonchev–Trinajstić information content (AvgIpc) is 2.54. The normalized spacial score (nSPS) is 24.1. The second-order valence-electron chi connectivity index (χ2n) is 3.89. The Kier molecular flexibility index (Phi) is 2.40. The molecule has 0 aromatic heterocycles.